The van der Waals surface area contributed by atoms with Gasteiger partial charge in [-0.3, -0.25) is 4.98 Å². The van der Waals surface area contributed by atoms with E-state index in [2.05, 4.69) is 24.6 Å². The number of rotatable bonds is 1. The van der Waals surface area contributed by atoms with Crippen molar-refractivity contribution in [1.82, 2.24) is 20.1 Å². The van der Waals surface area contributed by atoms with Gasteiger partial charge in [-0.15, -0.1) is 0 Å². The second-order valence-electron chi connectivity index (χ2n) is 1.98. The maximum atomic E-state index is 12.5. The van der Waals surface area contributed by atoms with E-state index < -0.39 is 5.95 Å². The molecule has 5 nitrogen and oxygen atoms in total. The maximum absolute atomic E-state index is 12.5. The fourth-order valence-corrected chi connectivity index (χ4v) is 0.733. The topological polar surface area (TPSA) is 64.7 Å². The van der Waals surface area contributed by atoms with E-state index in [1.165, 1.54) is 6.20 Å². The van der Waals surface area contributed by atoms with Gasteiger partial charge in [0.05, 0.1) is 12.4 Å². The van der Waals surface area contributed by atoms with Gasteiger partial charge in [-0.05, 0) is 0 Å². The Hall–Kier alpha value is -1.85. The average Bonchev–Trinajstić information content (AvgIpc) is 2.56. The molecular formula is C6H3FN4O. The second-order valence-corrected chi connectivity index (χ2v) is 1.98. The Morgan fingerprint density at radius 1 is 1.33 bits per heavy atom. The van der Waals surface area contributed by atoms with Gasteiger partial charge in [0.1, 0.15) is 5.69 Å². The van der Waals surface area contributed by atoms with Crippen molar-refractivity contribution in [2.24, 2.45) is 0 Å². The first-order valence-electron chi connectivity index (χ1n) is 3.10. The molecule has 2 aromatic heterocycles. The van der Waals surface area contributed by atoms with E-state index in [9.17, 15) is 4.39 Å². The first-order valence-corrected chi connectivity index (χ1v) is 3.10. The van der Waals surface area contributed by atoms with E-state index in [-0.39, 0.29) is 11.5 Å². The molecule has 2 aromatic rings. The van der Waals surface area contributed by atoms with Crippen LogP contribution in [0.4, 0.5) is 4.39 Å². The van der Waals surface area contributed by atoms with Crippen molar-refractivity contribution >= 4 is 0 Å². The minimum absolute atomic E-state index is 0.224. The average molecular weight is 166 g/mol. The zero-order valence-corrected chi connectivity index (χ0v) is 5.81. The van der Waals surface area contributed by atoms with Gasteiger partial charge in [0, 0.05) is 0 Å². The van der Waals surface area contributed by atoms with E-state index in [0.29, 0.717) is 0 Å². The molecule has 0 aliphatic heterocycles. The van der Waals surface area contributed by atoms with E-state index >= 15 is 0 Å². The normalized spacial score (nSPS) is 10.1. The van der Waals surface area contributed by atoms with Crippen LogP contribution >= 0.6 is 0 Å². The summed E-state index contributed by atoms with van der Waals surface area (Å²) >= 11 is 0. The highest BCUT2D eigenvalue weighted by Gasteiger charge is 2.05. The third-order valence-corrected chi connectivity index (χ3v) is 1.20. The van der Waals surface area contributed by atoms with Gasteiger partial charge in [0.2, 0.25) is 18.2 Å². The summed E-state index contributed by atoms with van der Waals surface area (Å²) in [5.74, 6) is -0.445. The monoisotopic (exact) mass is 166 g/mol. The lowest BCUT2D eigenvalue weighted by Gasteiger charge is -1.90. The standard InChI is InChI=1S/C6H3FN4O/c7-5-2-8-1-4(10-5)6-9-3-12-11-6/h1-3H. The molecule has 0 spiro atoms. The summed E-state index contributed by atoms with van der Waals surface area (Å²) in [6.07, 6.45) is 3.50. The molecule has 0 aliphatic carbocycles. The highest BCUT2D eigenvalue weighted by molar-refractivity contribution is 5.44. The molecular weight excluding hydrogens is 163 g/mol. The van der Waals surface area contributed by atoms with Crippen LogP contribution in [0.25, 0.3) is 11.5 Å². The minimum Gasteiger partial charge on any atom is -0.342 e. The quantitative estimate of drug-likeness (QED) is 0.622. The fourth-order valence-electron chi connectivity index (χ4n) is 0.733. The zero-order valence-electron chi connectivity index (χ0n) is 5.81. The van der Waals surface area contributed by atoms with Crippen molar-refractivity contribution < 1.29 is 8.91 Å². The maximum Gasteiger partial charge on any atom is 0.232 e. The molecule has 0 saturated heterocycles. The van der Waals surface area contributed by atoms with Crippen molar-refractivity contribution in [2.75, 3.05) is 0 Å². The van der Waals surface area contributed by atoms with Crippen LogP contribution < -0.4 is 0 Å². The van der Waals surface area contributed by atoms with E-state index in [1.54, 1.807) is 0 Å². The molecule has 0 aromatic carbocycles. The molecule has 0 amide bonds. The van der Waals surface area contributed by atoms with Gasteiger partial charge < -0.3 is 4.52 Å². The molecule has 0 radical (unpaired) electrons. The van der Waals surface area contributed by atoms with Crippen molar-refractivity contribution in [1.29, 1.82) is 0 Å². The second kappa shape index (κ2) is 2.65. The SMILES string of the molecule is Fc1cncc(-c2ncon2)n1. The Morgan fingerprint density at radius 3 is 2.92 bits per heavy atom. The van der Waals surface area contributed by atoms with Crippen molar-refractivity contribution in [3.05, 3.63) is 24.7 Å². The van der Waals surface area contributed by atoms with Crippen LogP contribution in [0.2, 0.25) is 0 Å². The van der Waals surface area contributed by atoms with Crippen LogP contribution in [-0.2, 0) is 0 Å². The van der Waals surface area contributed by atoms with E-state index in [1.807, 2.05) is 0 Å². The van der Waals surface area contributed by atoms with Gasteiger partial charge in [-0.1, -0.05) is 5.16 Å². The lowest BCUT2D eigenvalue weighted by Crippen LogP contribution is -1.90. The fraction of sp³-hybridized carbons (Fsp3) is 0. The molecule has 0 N–H and O–H groups in total. The predicted molar refractivity (Wildman–Crippen MR) is 35.3 cm³/mol. The van der Waals surface area contributed by atoms with Crippen LogP contribution in [0, 0.1) is 5.95 Å². The molecule has 12 heavy (non-hydrogen) atoms. The van der Waals surface area contributed by atoms with Crippen molar-refractivity contribution in [2.45, 2.75) is 0 Å². The summed E-state index contributed by atoms with van der Waals surface area (Å²) in [6, 6.07) is 0. The molecule has 0 aliphatic rings. The van der Waals surface area contributed by atoms with Crippen LogP contribution in [-0.4, -0.2) is 20.1 Å². The molecule has 0 bridgehead atoms. The number of hydrogen-bond acceptors (Lipinski definition) is 5. The van der Waals surface area contributed by atoms with Gasteiger partial charge in [-0.2, -0.15) is 9.37 Å². The molecule has 2 rings (SSSR count). The van der Waals surface area contributed by atoms with Gasteiger partial charge in [0.25, 0.3) is 0 Å². The van der Waals surface area contributed by atoms with Gasteiger partial charge in [-0.25, -0.2) is 4.98 Å². The molecule has 0 fully saturated rings. The first kappa shape index (κ1) is 6.84. The van der Waals surface area contributed by atoms with Crippen LogP contribution in [0.3, 0.4) is 0 Å². The lowest BCUT2D eigenvalue weighted by molar-refractivity contribution is 0.418. The molecule has 0 unspecified atom stereocenters. The summed E-state index contributed by atoms with van der Waals surface area (Å²) in [4.78, 5) is 10.8. The molecule has 0 atom stereocenters. The van der Waals surface area contributed by atoms with Crippen molar-refractivity contribution in [3.63, 3.8) is 0 Å². The number of halogens is 1. The van der Waals surface area contributed by atoms with Crippen LogP contribution in [0.5, 0.6) is 0 Å². The predicted octanol–water partition coefficient (Wildman–Crippen LogP) is 0.666. The number of aromatic nitrogens is 4. The summed E-state index contributed by atoms with van der Waals surface area (Å²) in [6.45, 7) is 0. The van der Waals surface area contributed by atoms with Crippen LogP contribution in [0.15, 0.2) is 23.3 Å². The number of hydrogen-bond donors (Lipinski definition) is 0. The largest absolute Gasteiger partial charge is 0.342 e. The Bertz CT molecular complexity index is 375. The molecule has 6 heteroatoms. The molecule has 2 heterocycles. The van der Waals surface area contributed by atoms with E-state index in [4.69, 9.17) is 0 Å². The summed E-state index contributed by atoms with van der Waals surface area (Å²) in [5.41, 5.74) is 0.253. The highest BCUT2D eigenvalue weighted by atomic mass is 19.1. The summed E-state index contributed by atoms with van der Waals surface area (Å²) in [5, 5.41) is 3.47. The Kier molecular flexibility index (Phi) is 1.51. The third-order valence-electron chi connectivity index (χ3n) is 1.20. The van der Waals surface area contributed by atoms with Crippen molar-refractivity contribution in [3.8, 4) is 11.5 Å². The highest BCUT2D eigenvalue weighted by Crippen LogP contribution is 2.08. The molecule has 0 saturated carbocycles. The van der Waals surface area contributed by atoms with Gasteiger partial charge in [0.15, 0.2) is 0 Å². The van der Waals surface area contributed by atoms with E-state index in [0.717, 1.165) is 12.6 Å². The Labute approximate surface area is 66.3 Å². The smallest absolute Gasteiger partial charge is 0.232 e. The third kappa shape index (κ3) is 1.14. The summed E-state index contributed by atoms with van der Waals surface area (Å²) < 4.78 is 17.0. The Morgan fingerprint density at radius 2 is 2.25 bits per heavy atom. The zero-order chi connectivity index (χ0) is 8.39. The Balaban J connectivity index is 2.48. The minimum atomic E-state index is -0.669. The number of nitrogens with zero attached hydrogens (tertiary/aromatic N) is 4. The lowest BCUT2D eigenvalue weighted by atomic mass is 10.4. The summed E-state index contributed by atoms with van der Waals surface area (Å²) in [7, 11) is 0. The molecule has 60 valence electrons. The van der Waals surface area contributed by atoms with Gasteiger partial charge >= 0.3 is 0 Å². The first-order chi connectivity index (χ1) is 5.86. The van der Waals surface area contributed by atoms with Crippen LogP contribution in [0.1, 0.15) is 0 Å².